The quantitative estimate of drug-likeness (QED) is 0.822. The van der Waals surface area contributed by atoms with E-state index in [9.17, 15) is 8.78 Å². The molecule has 2 rings (SSSR count). The van der Waals surface area contributed by atoms with Crippen molar-refractivity contribution in [2.75, 3.05) is 11.1 Å². The molecule has 0 atom stereocenters. The molecule has 0 aliphatic heterocycles. The Bertz CT molecular complexity index is 657. The number of ether oxygens (including phenoxy) is 1. The molecule has 0 radical (unpaired) electrons. The number of nitrogens with one attached hydrogen (secondary N) is 1. The zero-order chi connectivity index (χ0) is 15.6. The van der Waals surface area contributed by atoms with Crippen LogP contribution < -0.4 is 15.8 Å². The highest BCUT2D eigenvalue weighted by Gasteiger charge is 2.09. The molecule has 112 valence electrons. The van der Waals surface area contributed by atoms with E-state index in [1.165, 1.54) is 6.92 Å². The van der Waals surface area contributed by atoms with Crippen LogP contribution in [-0.4, -0.2) is 6.10 Å². The standard InChI is InChI=1S/C16H18F2N2O/c1-9(2)21-16-7-11(4-5-14(16)19)20-15-8-12(17)10(3)6-13(15)18/h4-9,20H,19H2,1-3H3. The van der Waals surface area contributed by atoms with Crippen molar-refractivity contribution in [2.24, 2.45) is 0 Å². The van der Waals surface area contributed by atoms with Gasteiger partial charge in [0.15, 0.2) is 0 Å². The highest BCUT2D eigenvalue weighted by Crippen LogP contribution is 2.29. The molecule has 3 nitrogen and oxygen atoms in total. The average molecular weight is 292 g/mol. The normalized spacial score (nSPS) is 10.8. The fraction of sp³-hybridized carbons (Fsp3) is 0.250. The summed E-state index contributed by atoms with van der Waals surface area (Å²) in [6, 6.07) is 7.28. The number of halogens is 2. The molecule has 0 amide bonds. The predicted octanol–water partition coefficient (Wildman–Crippen LogP) is 4.39. The molecule has 0 aromatic heterocycles. The minimum atomic E-state index is -0.517. The molecule has 0 bridgehead atoms. The number of rotatable bonds is 4. The summed E-state index contributed by atoms with van der Waals surface area (Å²) >= 11 is 0. The van der Waals surface area contributed by atoms with E-state index in [2.05, 4.69) is 5.32 Å². The van der Waals surface area contributed by atoms with Crippen molar-refractivity contribution in [2.45, 2.75) is 26.9 Å². The summed E-state index contributed by atoms with van der Waals surface area (Å²) in [4.78, 5) is 0. The molecular formula is C16H18F2N2O. The Labute approximate surface area is 122 Å². The molecule has 3 N–H and O–H groups in total. The molecule has 0 spiro atoms. The van der Waals surface area contributed by atoms with E-state index < -0.39 is 11.6 Å². The van der Waals surface area contributed by atoms with Gasteiger partial charge in [0.05, 0.1) is 17.5 Å². The summed E-state index contributed by atoms with van der Waals surface area (Å²) in [5, 5.41) is 2.83. The molecule has 21 heavy (non-hydrogen) atoms. The number of hydrogen-bond acceptors (Lipinski definition) is 3. The highest BCUT2D eigenvalue weighted by atomic mass is 19.1. The Morgan fingerprint density at radius 3 is 2.48 bits per heavy atom. The van der Waals surface area contributed by atoms with Crippen LogP contribution in [0, 0.1) is 18.6 Å². The van der Waals surface area contributed by atoms with Gasteiger partial charge in [0.1, 0.15) is 17.4 Å². The van der Waals surface area contributed by atoms with Crippen molar-refractivity contribution in [3.63, 3.8) is 0 Å². The first kappa shape index (κ1) is 15.1. The Kier molecular flexibility index (Phi) is 4.31. The van der Waals surface area contributed by atoms with Crippen molar-refractivity contribution in [3.05, 3.63) is 47.5 Å². The van der Waals surface area contributed by atoms with Gasteiger partial charge in [-0.25, -0.2) is 8.78 Å². The third-order valence-corrected chi connectivity index (χ3v) is 2.90. The molecule has 0 saturated carbocycles. The van der Waals surface area contributed by atoms with Crippen LogP contribution in [0.3, 0.4) is 0 Å². The van der Waals surface area contributed by atoms with Crippen molar-refractivity contribution < 1.29 is 13.5 Å². The van der Waals surface area contributed by atoms with E-state index in [0.29, 0.717) is 17.1 Å². The number of anilines is 3. The summed E-state index contributed by atoms with van der Waals surface area (Å²) in [5.74, 6) is -0.479. The maximum atomic E-state index is 13.8. The number of aryl methyl sites for hydroxylation is 1. The van der Waals surface area contributed by atoms with E-state index in [1.54, 1.807) is 18.2 Å². The lowest BCUT2D eigenvalue weighted by Gasteiger charge is -2.15. The van der Waals surface area contributed by atoms with Crippen molar-refractivity contribution >= 4 is 17.1 Å². The molecule has 2 aromatic carbocycles. The summed E-state index contributed by atoms with van der Waals surface area (Å²) in [6.07, 6.45) is -0.0314. The van der Waals surface area contributed by atoms with E-state index >= 15 is 0 Å². The molecule has 0 unspecified atom stereocenters. The van der Waals surface area contributed by atoms with Gasteiger partial charge in [-0.2, -0.15) is 0 Å². The van der Waals surface area contributed by atoms with Gasteiger partial charge in [-0.15, -0.1) is 0 Å². The second-order valence-corrected chi connectivity index (χ2v) is 5.13. The Hall–Kier alpha value is -2.30. The van der Waals surface area contributed by atoms with Gasteiger partial charge in [0.2, 0.25) is 0 Å². The SMILES string of the molecule is Cc1cc(F)c(Nc2ccc(N)c(OC(C)C)c2)cc1F. The van der Waals surface area contributed by atoms with Gasteiger partial charge in [-0.05, 0) is 44.5 Å². The zero-order valence-corrected chi connectivity index (χ0v) is 12.2. The van der Waals surface area contributed by atoms with Gasteiger partial charge < -0.3 is 15.8 Å². The van der Waals surface area contributed by atoms with Crippen LogP contribution in [-0.2, 0) is 0 Å². The summed E-state index contributed by atoms with van der Waals surface area (Å²) in [5.41, 5.74) is 7.21. The van der Waals surface area contributed by atoms with Crippen molar-refractivity contribution in [1.82, 2.24) is 0 Å². The largest absolute Gasteiger partial charge is 0.489 e. The van der Waals surface area contributed by atoms with Crippen LogP contribution in [0.5, 0.6) is 5.75 Å². The summed E-state index contributed by atoms with van der Waals surface area (Å²) < 4.78 is 32.9. The topological polar surface area (TPSA) is 47.3 Å². The first-order valence-corrected chi connectivity index (χ1v) is 6.65. The summed E-state index contributed by atoms with van der Waals surface area (Å²) in [6.45, 7) is 5.28. The van der Waals surface area contributed by atoms with Crippen LogP contribution in [0.4, 0.5) is 25.8 Å². The fourth-order valence-electron chi connectivity index (χ4n) is 1.87. The van der Waals surface area contributed by atoms with Crippen LogP contribution in [0.25, 0.3) is 0 Å². The Morgan fingerprint density at radius 1 is 1.10 bits per heavy atom. The van der Waals surface area contributed by atoms with Crippen LogP contribution in [0.2, 0.25) is 0 Å². The Morgan fingerprint density at radius 2 is 1.81 bits per heavy atom. The van der Waals surface area contributed by atoms with Gasteiger partial charge >= 0.3 is 0 Å². The van der Waals surface area contributed by atoms with Gasteiger partial charge in [0.25, 0.3) is 0 Å². The molecule has 5 heteroatoms. The number of hydrogen-bond donors (Lipinski definition) is 2. The summed E-state index contributed by atoms with van der Waals surface area (Å²) in [7, 11) is 0. The van der Waals surface area contributed by atoms with Crippen LogP contribution in [0.15, 0.2) is 30.3 Å². The van der Waals surface area contributed by atoms with E-state index in [0.717, 1.165) is 12.1 Å². The average Bonchev–Trinajstić information content (AvgIpc) is 2.39. The van der Waals surface area contributed by atoms with Gasteiger partial charge in [-0.1, -0.05) is 0 Å². The second kappa shape index (κ2) is 5.99. The van der Waals surface area contributed by atoms with Crippen molar-refractivity contribution in [3.8, 4) is 5.75 Å². The maximum Gasteiger partial charge on any atom is 0.147 e. The van der Waals surface area contributed by atoms with Crippen LogP contribution in [0.1, 0.15) is 19.4 Å². The molecule has 0 saturated heterocycles. The molecule has 0 fully saturated rings. The Balaban J connectivity index is 2.30. The van der Waals surface area contributed by atoms with Crippen LogP contribution >= 0.6 is 0 Å². The smallest absolute Gasteiger partial charge is 0.147 e. The third kappa shape index (κ3) is 3.62. The predicted molar refractivity (Wildman–Crippen MR) is 81.0 cm³/mol. The molecular weight excluding hydrogens is 274 g/mol. The first-order valence-electron chi connectivity index (χ1n) is 6.65. The van der Waals surface area contributed by atoms with Crippen molar-refractivity contribution in [1.29, 1.82) is 0 Å². The minimum Gasteiger partial charge on any atom is -0.489 e. The van der Waals surface area contributed by atoms with E-state index in [-0.39, 0.29) is 17.4 Å². The maximum absolute atomic E-state index is 13.8. The molecule has 0 heterocycles. The lowest BCUT2D eigenvalue weighted by molar-refractivity contribution is 0.244. The third-order valence-electron chi connectivity index (χ3n) is 2.90. The second-order valence-electron chi connectivity index (χ2n) is 5.13. The molecule has 0 aliphatic carbocycles. The fourth-order valence-corrected chi connectivity index (χ4v) is 1.87. The van der Waals surface area contributed by atoms with E-state index in [4.69, 9.17) is 10.5 Å². The lowest BCUT2D eigenvalue weighted by atomic mass is 10.2. The number of nitrogen functional groups attached to an aromatic ring is 1. The van der Waals surface area contributed by atoms with Gasteiger partial charge in [-0.3, -0.25) is 0 Å². The lowest BCUT2D eigenvalue weighted by Crippen LogP contribution is -2.07. The number of benzene rings is 2. The molecule has 2 aromatic rings. The van der Waals surface area contributed by atoms with E-state index in [1.807, 2.05) is 13.8 Å². The minimum absolute atomic E-state index is 0.0314. The zero-order valence-electron chi connectivity index (χ0n) is 12.2. The number of nitrogens with two attached hydrogens (primary N) is 1. The first-order chi connectivity index (χ1) is 9.86. The van der Waals surface area contributed by atoms with Gasteiger partial charge in [0, 0.05) is 17.8 Å². The highest BCUT2D eigenvalue weighted by molar-refractivity contribution is 5.67. The molecule has 0 aliphatic rings. The monoisotopic (exact) mass is 292 g/mol.